The maximum absolute atomic E-state index is 12.4. The molecule has 0 radical (unpaired) electrons. The van der Waals surface area contributed by atoms with E-state index in [1.165, 1.54) is 4.74 Å². The summed E-state index contributed by atoms with van der Waals surface area (Å²) in [4.78, 5) is 9.54. The normalized spacial score (nSPS) is 14.6. The molecule has 0 heterocycles. The maximum Gasteiger partial charge on any atom is 1.00 e. The van der Waals surface area contributed by atoms with Gasteiger partial charge in [0.25, 0.3) is 0 Å². The summed E-state index contributed by atoms with van der Waals surface area (Å²) in [5, 5.41) is 9.54. The summed E-state index contributed by atoms with van der Waals surface area (Å²) < 4.78 is 134. The molecular formula is C6F11NaO3. The van der Waals surface area contributed by atoms with E-state index < -0.39 is 36.2 Å². The van der Waals surface area contributed by atoms with Crippen LogP contribution in [-0.4, -0.2) is 36.2 Å². The van der Waals surface area contributed by atoms with Crippen molar-refractivity contribution in [3.05, 3.63) is 0 Å². The van der Waals surface area contributed by atoms with Crippen molar-refractivity contribution in [3.8, 4) is 0 Å². The first kappa shape index (κ1) is 22.9. The predicted molar refractivity (Wildman–Crippen MR) is 31.9 cm³/mol. The van der Waals surface area contributed by atoms with Crippen LogP contribution in [-0.2, 0) is 9.53 Å². The zero-order chi connectivity index (χ0) is 16.8. The van der Waals surface area contributed by atoms with Gasteiger partial charge in [-0.2, -0.15) is 48.3 Å². The van der Waals surface area contributed by atoms with E-state index in [-0.39, 0.29) is 29.6 Å². The molecule has 0 aromatic rings. The number of carboxylic acids is 1. The number of carboxylic acid groups (broad SMARTS) is 1. The van der Waals surface area contributed by atoms with E-state index in [2.05, 4.69) is 0 Å². The van der Waals surface area contributed by atoms with Crippen molar-refractivity contribution in [2.24, 2.45) is 0 Å². The minimum Gasteiger partial charge on any atom is -0.544 e. The molecular weight excluding hydrogens is 352 g/mol. The molecule has 0 saturated heterocycles. The first-order chi connectivity index (χ1) is 8.40. The number of hydrogen-bond acceptors (Lipinski definition) is 3. The van der Waals surface area contributed by atoms with Gasteiger partial charge < -0.3 is 9.90 Å². The van der Waals surface area contributed by atoms with Crippen LogP contribution in [0.4, 0.5) is 48.3 Å². The number of carbonyl (C=O) groups excluding carboxylic acids is 1. The fraction of sp³-hybridized carbons (Fsp3) is 0.833. The Hall–Kier alpha value is -0.340. The molecule has 0 spiro atoms. The molecule has 120 valence electrons. The molecule has 0 aromatic carbocycles. The van der Waals surface area contributed by atoms with Gasteiger partial charge in [-0.3, -0.25) is 0 Å². The van der Waals surface area contributed by atoms with Gasteiger partial charge in [0.15, 0.2) is 0 Å². The van der Waals surface area contributed by atoms with Crippen LogP contribution >= 0.6 is 0 Å². The van der Waals surface area contributed by atoms with Crippen molar-refractivity contribution in [2.75, 3.05) is 0 Å². The first-order valence-electron chi connectivity index (χ1n) is 3.90. The molecule has 0 N–H and O–H groups in total. The third-order valence-electron chi connectivity index (χ3n) is 1.60. The second-order valence-electron chi connectivity index (χ2n) is 3.07. The monoisotopic (exact) mass is 352 g/mol. The van der Waals surface area contributed by atoms with Crippen molar-refractivity contribution < 1.29 is 92.5 Å². The van der Waals surface area contributed by atoms with E-state index in [9.17, 15) is 58.2 Å². The maximum atomic E-state index is 12.4. The van der Waals surface area contributed by atoms with Crippen molar-refractivity contribution >= 4 is 5.97 Å². The smallest absolute Gasteiger partial charge is 0.544 e. The summed E-state index contributed by atoms with van der Waals surface area (Å²) >= 11 is 0. The largest absolute Gasteiger partial charge is 1.00 e. The molecule has 0 saturated carbocycles. The van der Waals surface area contributed by atoms with E-state index in [0.717, 1.165) is 0 Å². The molecule has 0 amide bonds. The van der Waals surface area contributed by atoms with Gasteiger partial charge in [-0.1, -0.05) is 0 Å². The van der Waals surface area contributed by atoms with E-state index in [4.69, 9.17) is 0 Å². The van der Waals surface area contributed by atoms with Gasteiger partial charge in [0.05, 0.1) is 0 Å². The van der Waals surface area contributed by atoms with Gasteiger partial charge in [0.2, 0.25) is 0 Å². The number of carbonyl (C=O) groups is 1. The summed E-state index contributed by atoms with van der Waals surface area (Å²) in [6, 6.07) is 0. The summed E-state index contributed by atoms with van der Waals surface area (Å²) in [5.74, 6) is -18.2. The van der Waals surface area contributed by atoms with Gasteiger partial charge in [0.1, 0.15) is 5.97 Å². The zero-order valence-electron chi connectivity index (χ0n) is 9.38. The average molecular weight is 352 g/mol. The van der Waals surface area contributed by atoms with Crippen LogP contribution < -0.4 is 34.7 Å². The predicted octanol–water partition coefficient (Wildman–Crippen LogP) is -1.22. The molecule has 3 nitrogen and oxygen atoms in total. The molecule has 0 unspecified atom stereocenters. The molecule has 21 heavy (non-hydrogen) atoms. The van der Waals surface area contributed by atoms with Gasteiger partial charge in [-0.05, 0) is 0 Å². The van der Waals surface area contributed by atoms with E-state index in [0.29, 0.717) is 0 Å². The van der Waals surface area contributed by atoms with Crippen LogP contribution in [0, 0.1) is 0 Å². The van der Waals surface area contributed by atoms with Gasteiger partial charge >= 0.3 is 59.8 Å². The Morgan fingerprint density at radius 3 is 1.33 bits per heavy atom. The SMILES string of the molecule is O=C([O-])C(F)(F)C(F)(F)C(F)(F)OC(F)(F)C(F)(F)F.[Na+]. The Morgan fingerprint density at radius 2 is 1.10 bits per heavy atom. The van der Waals surface area contributed by atoms with Crippen molar-refractivity contribution in [1.82, 2.24) is 0 Å². The topological polar surface area (TPSA) is 49.4 Å². The van der Waals surface area contributed by atoms with Crippen molar-refractivity contribution in [2.45, 2.75) is 30.2 Å². The fourth-order valence-corrected chi connectivity index (χ4v) is 0.594. The Labute approximate surface area is 129 Å². The van der Waals surface area contributed by atoms with Crippen LogP contribution in [0.2, 0.25) is 0 Å². The Kier molecular flexibility index (Phi) is 6.60. The van der Waals surface area contributed by atoms with E-state index in [1.807, 2.05) is 0 Å². The second-order valence-corrected chi connectivity index (χ2v) is 3.07. The molecule has 0 aromatic heterocycles. The molecule has 15 heteroatoms. The van der Waals surface area contributed by atoms with Crippen molar-refractivity contribution in [3.63, 3.8) is 0 Å². The van der Waals surface area contributed by atoms with E-state index >= 15 is 0 Å². The number of halogens is 11. The molecule has 0 rings (SSSR count). The molecule has 0 atom stereocenters. The quantitative estimate of drug-likeness (QED) is 0.460. The summed E-state index contributed by atoms with van der Waals surface area (Å²) in [6.45, 7) is 0. The Bertz CT molecular complexity index is 390. The summed E-state index contributed by atoms with van der Waals surface area (Å²) in [7, 11) is 0. The first-order valence-corrected chi connectivity index (χ1v) is 3.90. The van der Waals surface area contributed by atoms with Crippen LogP contribution in [0.15, 0.2) is 0 Å². The van der Waals surface area contributed by atoms with E-state index in [1.54, 1.807) is 0 Å². The molecule has 0 bridgehead atoms. The standard InChI is InChI=1S/C6HF11O3.Na/c7-2(8,1(18)19)3(9,10)5(14,15)20-6(16,17)4(11,12)13;/h(H,18,19);/q;+1/p-1. The zero-order valence-corrected chi connectivity index (χ0v) is 11.4. The molecule has 0 aliphatic heterocycles. The number of hydrogen-bond donors (Lipinski definition) is 0. The summed E-state index contributed by atoms with van der Waals surface area (Å²) in [6.07, 6.45) is -21.1. The molecule has 0 aliphatic rings. The molecule has 0 fully saturated rings. The van der Waals surface area contributed by atoms with Crippen molar-refractivity contribution in [1.29, 1.82) is 0 Å². The number of ether oxygens (including phenoxy) is 1. The third kappa shape index (κ3) is 4.10. The van der Waals surface area contributed by atoms with Gasteiger partial charge in [-0.15, -0.1) is 0 Å². The minimum absolute atomic E-state index is 0. The molecule has 0 aliphatic carbocycles. The van der Waals surface area contributed by atoms with Gasteiger partial charge in [-0.25, -0.2) is 4.74 Å². The van der Waals surface area contributed by atoms with Crippen LogP contribution in [0.5, 0.6) is 0 Å². The Morgan fingerprint density at radius 1 is 0.762 bits per heavy atom. The van der Waals surface area contributed by atoms with Crippen LogP contribution in [0.3, 0.4) is 0 Å². The third-order valence-corrected chi connectivity index (χ3v) is 1.60. The Balaban J connectivity index is 0. The average Bonchev–Trinajstić information content (AvgIpc) is 2.12. The fourth-order valence-electron chi connectivity index (χ4n) is 0.594. The number of rotatable bonds is 5. The van der Waals surface area contributed by atoms with Crippen LogP contribution in [0.1, 0.15) is 0 Å². The number of alkyl halides is 11. The number of aliphatic carboxylic acids is 1. The summed E-state index contributed by atoms with van der Waals surface area (Å²) in [5.41, 5.74) is 0. The minimum atomic E-state index is -7.24. The van der Waals surface area contributed by atoms with Crippen LogP contribution in [0.25, 0.3) is 0 Å². The second kappa shape index (κ2) is 6.04. The van der Waals surface area contributed by atoms with Gasteiger partial charge in [0, 0.05) is 0 Å².